The van der Waals surface area contributed by atoms with E-state index in [0.717, 1.165) is 16.6 Å². The van der Waals surface area contributed by atoms with Crippen molar-refractivity contribution in [2.75, 3.05) is 20.1 Å². The molecule has 0 saturated carbocycles. The molecule has 0 aliphatic heterocycles. The van der Waals surface area contributed by atoms with E-state index in [0.29, 0.717) is 0 Å². The first kappa shape index (κ1) is 13.5. The number of aromatic nitrogens is 2. The smallest absolute Gasteiger partial charge is 0.317 e. The number of benzene rings is 1. The molecule has 1 aromatic carbocycles. The second-order valence-electron chi connectivity index (χ2n) is 4.71. The van der Waals surface area contributed by atoms with Crippen LogP contribution in [0.25, 0.3) is 11.0 Å². The molecule has 1 aromatic heterocycles. The fourth-order valence-corrected chi connectivity index (χ4v) is 2.06. The van der Waals surface area contributed by atoms with Gasteiger partial charge < -0.3 is 14.8 Å². The fourth-order valence-electron chi connectivity index (χ4n) is 2.06. The predicted molar refractivity (Wildman–Crippen MR) is 70.8 cm³/mol. The summed E-state index contributed by atoms with van der Waals surface area (Å²) in [5.41, 5.74) is 2.55. The zero-order chi connectivity index (χ0) is 14.0. The number of aryl methyl sites for hydroxylation is 1. The molecule has 6 nitrogen and oxygen atoms in total. The van der Waals surface area contributed by atoms with Gasteiger partial charge in [-0.05, 0) is 24.7 Å². The Kier molecular flexibility index (Phi) is 3.82. The summed E-state index contributed by atoms with van der Waals surface area (Å²) in [4.78, 5) is 16.4. The number of likely N-dealkylation sites (N-methyl/N-ethyl adjacent to an activating group) is 1. The molecule has 0 fully saturated rings. The second-order valence-corrected chi connectivity index (χ2v) is 4.71. The number of imidazole rings is 1. The van der Waals surface area contributed by atoms with Crippen LogP contribution in [-0.4, -0.2) is 50.8 Å². The first-order valence-corrected chi connectivity index (χ1v) is 5.96. The van der Waals surface area contributed by atoms with E-state index in [1.807, 2.05) is 29.8 Å². The number of aliphatic hydroxyl groups excluding tert-OH is 1. The number of hydrogen-bond acceptors (Lipinski definition) is 4. The molecule has 0 aliphatic carbocycles. The van der Waals surface area contributed by atoms with Gasteiger partial charge in [0.1, 0.15) is 0 Å². The Balaban J connectivity index is 2.12. The minimum atomic E-state index is -0.908. The lowest BCUT2D eigenvalue weighted by Gasteiger charge is -2.18. The Bertz CT molecular complexity index is 594. The van der Waals surface area contributed by atoms with Gasteiger partial charge in [-0.15, -0.1) is 0 Å². The van der Waals surface area contributed by atoms with E-state index >= 15 is 0 Å². The van der Waals surface area contributed by atoms with Gasteiger partial charge in [-0.1, -0.05) is 6.07 Å². The average molecular weight is 263 g/mol. The van der Waals surface area contributed by atoms with Crippen LogP contribution in [0, 0.1) is 0 Å². The molecule has 2 aromatic rings. The van der Waals surface area contributed by atoms with Gasteiger partial charge in [0, 0.05) is 13.6 Å². The molecular formula is C13H17N3O3. The van der Waals surface area contributed by atoms with E-state index in [1.165, 1.54) is 0 Å². The van der Waals surface area contributed by atoms with Crippen LogP contribution in [0.1, 0.15) is 11.7 Å². The van der Waals surface area contributed by atoms with E-state index in [9.17, 15) is 9.90 Å². The quantitative estimate of drug-likeness (QED) is 0.827. The van der Waals surface area contributed by atoms with Crippen LogP contribution in [-0.2, 0) is 11.8 Å². The molecule has 0 radical (unpaired) electrons. The summed E-state index contributed by atoms with van der Waals surface area (Å²) >= 11 is 0. The highest BCUT2D eigenvalue weighted by Gasteiger charge is 2.13. The lowest BCUT2D eigenvalue weighted by atomic mass is 10.1. The second kappa shape index (κ2) is 5.38. The van der Waals surface area contributed by atoms with Gasteiger partial charge in [0.2, 0.25) is 0 Å². The first-order chi connectivity index (χ1) is 8.97. The fraction of sp³-hybridized carbons (Fsp3) is 0.385. The number of hydrogen-bond donors (Lipinski definition) is 2. The molecule has 2 rings (SSSR count). The summed E-state index contributed by atoms with van der Waals surface area (Å²) in [5.74, 6) is -0.908. The van der Waals surface area contributed by atoms with Crippen LogP contribution >= 0.6 is 0 Å². The summed E-state index contributed by atoms with van der Waals surface area (Å²) in [7, 11) is 3.57. The molecule has 19 heavy (non-hydrogen) atoms. The highest BCUT2D eigenvalue weighted by atomic mass is 16.4. The zero-order valence-corrected chi connectivity index (χ0v) is 10.9. The highest BCUT2D eigenvalue weighted by molar-refractivity contribution is 5.76. The molecule has 1 atom stereocenters. The Labute approximate surface area is 110 Å². The van der Waals surface area contributed by atoms with Crippen molar-refractivity contribution in [3.05, 3.63) is 30.1 Å². The number of carboxylic acid groups (broad SMARTS) is 1. The summed E-state index contributed by atoms with van der Waals surface area (Å²) < 4.78 is 1.90. The maximum absolute atomic E-state index is 10.6. The lowest BCUT2D eigenvalue weighted by Crippen LogP contribution is -2.29. The highest BCUT2D eigenvalue weighted by Crippen LogP contribution is 2.19. The minimum absolute atomic E-state index is 0.0944. The molecule has 0 saturated heterocycles. The Morgan fingerprint density at radius 3 is 2.95 bits per heavy atom. The maximum atomic E-state index is 10.6. The van der Waals surface area contributed by atoms with Gasteiger partial charge in [0.15, 0.2) is 0 Å². The van der Waals surface area contributed by atoms with Crippen LogP contribution in [0.15, 0.2) is 24.5 Å². The maximum Gasteiger partial charge on any atom is 0.317 e. The molecule has 0 amide bonds. The Morgan fingerprint density at radius 2 is 2.26 bits per heavy atom. The molecular weight excluding hydrogens is 246 g/mol. The van der Waals surface area contributed by atoms with Gasteiger partial charge in [0.05, 0.1) is 30.0 Å². The molecule has 1 heterocycles. The molecule has 6 heteroatoms. The summed E-state index contributed by atoms with van der Waals surface area (Å²) in [5, 5.41) is 18.8. The van der Waals surface area contributed by atoms with Crippen molar-refractivity contribution in [1.82, 2.24) is 14.5 Å². The van der Waals surface area contributed by atoms with Crippen molar-refractivity contribution in [1.29, 1.82) is 0 Å². The number of nitrogens with zero attached hydrogens (tertiary/aromatic N) is 3. The van der Waals surface area contributed by atoms with Crippen molar-refractivity contribution >= 4 is 17.0 Å². The molecule has 0 aliphatic rings. The van der Waals surface area contributed by atoms with E-state index in [2.05, 4.69) is 4.98 Å². The van der Waals surface area contributed by atoms with Gasteiger partial charge in [-0.25, -0.2) is 4.98 Å². The van der Waals surface area contributed by atoms with E-state index < -0.39 is 12.1 Å². The van der Waals surface area contributed by atoms with Crippen molar-refractivity contribution in [3.8, 4) is 0 Å². The summed E-state index contributed by atoms with van der Waals surface area (Å²) in [6.07, 6.45) is 0.993. The number of aliphatic hydroxyl groups is 1. The number of aliphatic carboxylic acids is 1. The van der Waals surface area contributed by atoms with E-state index in [-0.39, 0.29) is 13.1 Å². The van der Waals surface area contributed by atoms with Crippen LogP contribution in [0.4, 0.5) is 0 Å². The Hall–Kier alpha value is -1.92. The molecule has 102 valence electrons. The topological polar surface area (TPSA) is 78.6 Å². The zero-order valence-electron chi connectivity index (χ0n) is 10.9. The normalized spacial score (nSPS) is 13.1. The van der Waals surface area contributed by atoms with E-state index in [1.54, 1.807) is 18.3 Å². The van der Waals surface area contributed by atoms with Gasteiger partial charge in [-0.3, -0.25) is 9.69 Å². The Morgan fingerprint density at radius 1 is 1.53 bits per heavy atom. The van der Waals surface area contributed by atoms with Crippen LogP contribution in [0.5, 0.6) is 0 Å². The number of carbonyl (C=O) groups is 1. The SMILES string of the molecule is CN(CC(=O)O)CC(O)c1ccc2c(c1)ncn2C. The minimum Gasteiger partial charge on any atom is -0.480 e. The predicted octanol–water partition coefficient (Wildman–Crippen LogP) is 0.623. The van der Waals surface area contributed by atoms with Crippen LogP contribution in [0.2, 0.25) is 0 Å². The summed E-state index contributed by atoms with van der Waals surface area (Å²) in [6, 6.07) is 5.57. The van der Waals surface area contributed by atoms with Crippen molar-refractivity contribution in [2.45, 2.75) is 6.10 Å². The van der Waals surface area contributed by atoms with Crippen molar-refractivity contribution in [2.24, 2.45) is 7.05 Å². The third kappa shape index (κ3) is 3.10. The van der Waals surface area contributed by atoms with Gasteiger partial charge in [-0.2, -0.15) is 0 Å². The third-order valence-electron chi connectivity index (χ3n) is 3.02. The van der Waals surface area contributed by atoms with Gasteiger partial charge >= 0.3 is 5.97 Å². The molecule has 0 bridgehead atoms. The number of carboxylic acids is 1. The van der Waals surface area contributed by atoms with E-state index in [4.69, 9.17) is 5.11 Å². The molecule has 1 unspecified atom stereocenters. The number of rotatable bonds is 5. The third-order valence-corrected chi connectivity index (χ3v) is 3.02. The van der Waals surface area contributed by atoms with Crippen molar-refractivity contribution < 1.29 is 15.0 Å². The number of fused-ring (bicyclic) bond motifs is 1. The van der Waals surface area contributed by atoms with Crippen LogP contribution < -0.4 is 0 Å². The average Bonchev–Trinajstić information content (AvgIpc) is 2.69. The van der Waals surface area contributed by atoms with Gasteiger partial charge in [0.25, 0.3) is 0 Å². The molecule has 2 N–H and O–H groups in total. The largest absolute Gasteiger partial charge is 0.480 e. The van der Waals surface area contributed by atoms with Crippen LogP contribution in [0.3, 0.4) is 0 Å². The summed E-state index contributed by atoms with van der Waals surface area (Å²) in [6.45, 7) is 0.174. The monoisotopic (exact) mass is 263 g/mol. The molecule has 0 spiro atoms. The first-order valence-electron chi connectivity index (χ1n) is 5.96. The van der Waals surface area contributed by atoms with Crippen molar-refractivity contribution in [3.63, 3.8) is 0 Å². The standard InChI is InChI=1S/C13H17N3O3/c1-15(7-13(18)19)6-12(17)9-3-4-11-10(5-9)14-8-16(11)2/h3-5,8,12,17H,6-7H2,1-2H3,(H,18,19). The lowest BCUT2D eigenvalue weighted by molar-refractivity contribution is -0.138.